The molecule has 0 unspecified atom stereocenters. The zero-order valence-corrected chi connectivity index (χ0v) is 11.7. The molecule has 2 N–H and O–H groups in total. The molecular weight excluding hydrogens is 301 g/mol. The van der Waals surface area contributed by atoms with E-state index in [4.69, 9.17) is 17.3 Å². The molecule has 0 spiro atoms. The van der Waals surface area contributed by atoms with Gasteiger partial charge in [-0.25, -0.2) is 0 Å². The molecule has 1 aliphatic carbocycles. The van der Waals surface area contributed by atoms with Crippen LogP contribution in [0.5, 0.6) is 0 Å². The van der Waals surface area contributed by atoms with Gasteiger partial charge in [0.15, 0.2) is 0 Å². The molecule has 1 aromatic heterocycles. The summed E-state index contributed by atoms with van der Waals surface area (Å²) < 4.78 is 37.5. The van der Waals surface area contributed by atoms with Gasteiger partial charge < -0.3 is 5.73 Å². The summed E-state index contributed by atoms with van der Waals surface area (Å²) >= 11 is 6.08. The zero-order valence-electron chi connectivity index (χ0n) is 10.9. The topological polar surface area (TPSA) is 38.9 Å². The number of hydrogen-bond acceptors (Lipinski definition) is 2. The molecule has 1 aliphatic rings. The van der Waals surface area contributed by atoms with Crippen molar-refractivity contribution in [3.05, 3.63) is 52.8 Å². The minimum Gasteiger partial charge on any atom is -0.321 e. The number of alkyl halides is 3. The van der Waals surface area contributed by atoms with Crippen molar-refractivity contribution in [1.29, 1.82) is 0 Å². The zero-order chi connectivity index (χ0) is 15.3. The van der Waals surface area contributed by atoms with E-state index in [0.717, 1.165) is 30.0 Å². The van der Waals surface area contributed by atoms with Gasteiger partial charge in [-0.15, -0.1) is 0 Å². The maximum Gasteiger partial charge on any atom is 0.433 e. The van der Waals surface area contributed by atoms with Gasteiger partial charge in [0, 0.05) is 22.3 Å². The van der Waals surface area contributed by atoms with E-state index < -0.39 is 11.9 Å². The molecule has 0 atom stereocenters. The van der Waals surface area contributed by atoms with Gasteiger partial charge in [-0.05, 0) is 48.2 Å². The molecule has 2 aromatic rings. The molecule has 0 saturated heterocycles. The number of rotatable bonds is 2. The first-order valence-corrected chi connectivity index (χ1v) is 6.79. The second kappa shape index (κ2) is 4.71. The predicted molar refractivity (Wildman–Crippen MR) is 74.8 cm³/mol. The van der Waals surface area contributed by atoms with Gasteiger partial charge in [0.2, 0.25) is 0 Å². The summed E-state index contributed by atoms with van der Waals surface area (Å²) in [6, 6.07) is 7.71. The van der Waals surface area contributed by atoms with Crippen molar-refractivity contribution in [2.24, 2.45) is 5.73 Å². The standard InChI is InChI=1S/C15H12ClF3N2/c16-12-6-10(5-11(7-12)14(20)3-4-14)9-1-2-13(21-8-9)15(17,18)19/h1-2,5-8H,3-4,20H2. The van der Waals surface area contributed by atoms with Crippen molar-refractivity contribution < 1.29 is 13.2 Å². The van der Waals surface area contributed by atoms with Crippen LogP contribution in [0.1, 0.15) is 24.1 Å². The van der Waals surface area contributed by atoms with E-state index in [1.807, 2.05) is 6.07 Å². The molecule has 0 bridgehead atoms. The van der Waals surface area contributed by atoms with Gasteiger partial charge in [-0.3, -0.25) is 4.98 Å². The Labute approximate surface area is 124 Å². The SMILES string of the molecule is NC1(c2cc(Cl)cc(-c3ccc(C(F)(F)F)nc3)c2)CC1. The number of aromatic nitrogens is 1. The Bertz CT molecular complexity index is 676. The Hall–Kier alpha value is -1.59. The monoisotopic (exact) mass is 312 g/mol. The van der Waals surface area contributed by atoms with Crippen LogP contribution < -0.4 is 5.73 Å². The lowest BCUT2D eigenvalue weighted by Crippen LogP contribution is -2.18. The van der Waals surface area contributed by atoms with E-state index in [9.17, 15) is 13.2 Å². The molecular formula is C15H12ClF3N2. The van der Waals surface area contributed by atoms with E-state index in [2.05, 4.69) is 4.98 Å². The lowest BCUT2D eigenvalue weighted by atomic mass is 9.99. The van der Waals surface area contributed by atoms with Gasteiger partial charge >= 0.3 is 6.18 Å². The highest BCUT2D eigenvalue weighted by Crippen LogP contribution is 2.44. The number of nitrogens with zero attached hydrogens (tertiary/aromatic N) is 1. The Balaban J connectivity index is 1.99. The Morgan fingerprint density at radius 3 is 2.33 bits per heavy atom. The van der Waals surface area contributed by atoms with Gasteiger partial charge in [0.25, 0.3) is 0 Å². The number of hydrogen-bond donors (Lipinski definition) is 1. The summed E-state index contributed by atoms with van der Waals surface area (Å²) in [6.45, 7) is 0. The van der Waals surface area contributed by atoms with Crippen LogP contribution in [-0.4, -0.2) is 4.98 Å². The lowest BCUT2D eigenvalue weighted by Gasteiger charge is -2.13. The van der Waals surface area contributed by atoms with Crippen molar-refractivity contribution in [3.63, 3.8) is 0 Å². The molecule has 0 radical (unpaired) electrons. The van der Waals surface area contributed by atoms with Crippen LogP contribution >= 0.6 is 11.6 Å². The van der Waals surface area contributed by atoms with E-state index in [1.165, 1.54) is 12.3 Å². The smallest absolute Gasteiger partial charge is 0.321 e. The van der Waals surface area contributed by atoms with E-state index in [0.29, 0.717) is 10.6 Å². The molecule has 21 heavy (non-hydrogen) atoms. The summed E-state index contributed by atoms with van der Waals surface area (Å²) in [5, 5.41) is 0.513. The van der Waals surface area contributed by atoms with Gasteiger partial charge in [-0.1, -0.05) is 17.7 Å². The molecule has 1 fully saturated rings. The second-order valence-corrected chi connectivity index (χ2v) is 5.75. The van der Waals surface area contributed by atoms with E-state index in [1.54, 1.807) is 12.1 Å². The van der Waals surface area contributed by atoms with Gasteiger partial charge in [0.1, 0.15) is 5.69 Å². The van der Waals surface area contributed by atoms with Crippen LogP contribution in [0, 0.1) is 0 Å². The highest BCUT2D eigenvalue weighted by Gasteiger charge is 2.40. The third-order valence-corrected chi connectivity index (χ3v) is 3.87. The number of nitrogens with two attached hydrogens (primary N) is 1. The van der Waals surface area contributed by atoms with Crippen LogP contribution in [0.2, 0.25) is 5.02 Å². The molecule has 0 aliphatic heterocycles. The first-order valence-electron chi connectivity index (χ1n) is 6.41. The first-order chi connectivity index (χ1) is 9.78. The number of benzene rings is 1. The average molecular weight is 313 g/mol. The normalized spacial score (nSPS) is 16.8. The van der Waals surface area contributed by atoms with E-state index >= 15 is 0 Å². The quantitative estimate of drug-likeness (QED) is 0.894. The predicted octanol–water partition coefficient (Wildman–Crippen LogP) is 4.37. The average Bonchev–Trinajstić information content (AvgIpc) is 3.17. The van der Waals surface area contributed by atoms with Crippen molar-refractivity contribution in [3.8, 4) is 11.1 Å². The molecule has 1 heterocycles. The van der Waals surface area contributed by atoms with Gasteiger partial charge in [0.05, 0.1) is 0 Å². The summed E-state index contributed by atoms with van der Waals surface area (Å²) in [5.41, 5.74) is 7.09. The first kappa shape index (κ1) is 14.4. The summed E-state index contributed by atoms with van der Waals surface area (Å²) in [4.78, 5) is 3.46. The molecule has 1 aromatic carbocycles. The molecule has 110 valence electrons. The maximum atomic E-state index is 12.5. The summed E-state index contributed by atoms with van der Waals surface area (Å²) in [5.74, 6) is 0. The van der Waals surface area contributed by atoms with Crippen LogP contribution in [0.25, 0.3) is 11.1 Å². The number of pyridine rings is 1. The molecule has 2 nitrogen and oxygen atoms in total. The molecule has 6 heteroatoms. The van der Waals surface area contributed by atoms with Gasteiger partial charge in [-0.2, -0.15) is 13.2 Å². The maximum absolute atomic E-state index is 12.5. The second-order valence-electron chi connectivity index (χ2n) is 5.31. The molecule has 1 saturated carbocycles. The highest BCUT2D eigenvalue weighted by atomic mass is 35.5. The fourth-order valence-corrected chi connectivity index (χ4v) is 2.43. The Kier molecular flexibility index (Phi) is 3.22. The minimum atomic E-state index is -4.44. The summed E-state index contributed by atoms with van der Waals surface area (Å²) in [7, 11) is 0. The fraction of sp³-hybridized carbons (Fsp3) is 0.267. The van der Waals surface area contributed by atoms with Crippen LogP contribution in [0.4, 0.5) is 13.2 Å². The third-order valence-electron chi connectivity index (χ3n) is 3.65. The Morgan fingerprint density at radius 1 is 1.10 bits per heavy atom. The number of halogens is 4. The Morgan fingerprint density at radius 2 is 1.81 bits per heavy atom. The molecule has 0 amide bonds. The largest absolute Gasteiger partial charge is 0.433 e. The minimum absolute atomic E-state index is 0.348. The van der Waals surface area contributed by atoms with Crippen molar-refractivity contribution in [2.45, 2.75) is 24.6 Å². The van der Waals surface area contributed by atoms with Crippen molar-refractivity contribution in [2.75, 3.05) is 0 Å². The van der Waals surface area contributed by atoms with Crippen molar-refractivity contribution in [1.82, 2.24) is 4.98 Å². The lowest BCUT2D eigenvalue weighted by molar-refractivity contribution is -0.141. The molecule has 3 rings (SSSR count). The summed E-state index contributed by atoms with van der Waals surface area (Å²) in [6.07, 6.45) is -1.46. The van der Waals surface area contributed by atoms with Crippen LogP contribution in [-0.2, 0) is 11.7 Å². The van der Waals surface area contributed by atoms with Crippen LogP contribution in [0.3, 0.4) is 0 Å². The highest BCUT2D eigenvalue weighted by molar-refractivity contribution is 6.31. The van der Waals surface area contributed by atoms with Crippen LogP contribution in [0.15, 0.2) is 36.5 Å². The third kappa shape index (κ3) is 2.89. The van der Waals surface area contributed by atoms with E-state index in [-0.39, 0.29) is 5.54 Å². The van der Waals surface area contributed by atoms with Crippen molar-refractivity contribution >= 4 is 11.6 Å². The fourth-order valence-electron chi connectivity index (χ4n) is 2.20.